The molecule has 1 heterocycles. The van der Waals surface area contributed by atoms with E-state index in [1.807, 2.05) is 0 Å². The van der Waals surface area contributed by atoms with Gasteiger partial charge in [0.2, 0.25) is 5.75 Å². The monoisotopic (exact) mass is 412 g/mol. The summed E-state index contributed by atoms with van der Waals surface area (Å²) in [5, 5.41) is 0. The van der Waals surface area contributed by atoms with Crippen LogP contribution >= 0.6 is 0 Å². The van der Waals surface area contributed by atoms with Crippen LogP contribution in [0.15, 0.2) is 48.5 Å². The minimum Gasteiger partial charge on any atom is -0.493 e. The van der Waals surface area contributed by atoms with E-state index in [1.165, 1.54) is 19.3 Å². The van der Waals surface area contributed by atoms with Crippen LogP contribution in [0.5, 0.6) is 17.2 Å². The van der Waals surface area contributed by atoms with Crippen molar-refractivity contribution in [2.75, 3.05) is 26.9 Å². The molecule has 0 aliphatic carbocycles. The first-order chi connectivity index (χ1) is 14.6. The average molecular weight is 412 g/mol. The number of hydrogen-bond donors (Lipinski definition) is 2. The normalized spacial score (nSPS) is 12.2. The first-order valence-corrected chi connectivity index (χ1v) is 9.03. The number of amides is 2. The molecule has 156 valence electrons. The highest BCUT2D eigenvalue weighted by molar-refractivity contribution is 5.95. The van der Waals surface area contributed by atoms with Gasteiger partial charge in [-0.3, -0.25) is 20.4 Å². The molecule has 9 heteroatoms. The summed E-state index contributed by atoms with van der Waals surface area (Å²) in [6.07, 6.45) is 2.67. The molecule has 0 spiro atoms. The number of nitrogens with one attached hydrogen (secondary N) is 2. The Balaban J connectivity index is 1.48. The predicted molar refractivity (Wildman–Crippen MR) is 106 cm³/mol. The minimum atomic E-state index is -0.728. The Labute approximate surface area is 172 Å². The lowest BCUT2D eigenvalue weighted by Crippen LogP contribution is -2.43. The number of benzene rings is 2. The Morgan fingerprint density at radius 1 is 1.07 bits per heavy atom. The summed E-state index contributed by atoms with van der Waals surface area (Å²) in [7, 11) is 1.50. The predicted octanol–water partition coefficient (Wildman–Crippen LogP) is 1.48. The van der Waals surface area contributed by atoms with Crippen molar-refractivity contribution in [3.63, 3.8) is 0 Å². The first-order valence-electron chi connectivity index (χ1n) is 9.03. The highest BCUT2D eigenvalue weighted by atomic mass is 16.6. The number of methoxy groups -OCH3 is 1. The number of rotatable bonds is 6. The van der Waals surface area contributed by atoms with Crippen LogP contribution in [0.3, 0.4) is 0 Å². The van der Waals surface area contributed by atoms with Crippen molar-refractivity contribution in [2.24, 2.45) is 0 Å². The molecule has 0 saturated carbocycles. The van der Waals surface area contributed by atoms with Crippen LogP contribution in [0.2, 0.25) is 0 Å². The zero-order valence-electron chi connectivity index (χ0n) is 16.2. The number of ether oxygens (including phenoxy) is 4. The molecule has 0 aromatic heterocycles. The molecular weight excluding hydrogens is 392 g/mol. The fraction of sp³-hybridized carbons (Fsp3) is 0.190. The highest BCUT2D eigenvalue weighted by Crippen LogP contribution is 2.40. The molecule has 2 N–H and O–H groups in total. The summed E-state index contributed by atoms with van der Waals surface area (Å²) in [6, 6.07) is 11.7. The van der Waals surface area contributed by atoms with Crippen LogP contribution in [0, 0.1) is 0 Å². The number of hydrogen-bond acceptors (Lipinski definition) is 7. The fourth-order valence-electron chi connectivity index (χ4n) is 2.56. The summed E-state index contributed by atoms with van der Waals surface area (Å²) in [5.74, 6) is -0.383. The van der Waals surface area contributed by atoms with E-state index in [-0.39, 0.29) is 0 Å². The molecule has 3 rings (SSSR count). The zero-order chi connectivity index (χ0) is 21.3. The van der Waals surface area contributed by atoms with Gasteiger partial charge in [-0.1, -0.05) is 18.2 Å². The zero-order valence-corrected chi connectivity index (χ0v) is 16.2. The molecule has 0 radical (unpaired) electrons. The average Bonchev–Trinajstić information content (AvgIpc) is 2.79. The third-order valence-electron chi connectivity index (χ3n) is 3.96. The Kier molecular flexibility index (Phi) is 6.88. The van der Waals surface area contributed by atoms with E-state index < -0.39 is 24.4 Å². The summed E-state index contributed by atoms with van der Waals surface area (Å²) >= 11 is 0. The summed E-state index contributed by atoms with van der Waals surface area (Å²) < 4.78 is 21.2. The van der Waals surface area contributed by atoms with Crippen molar-refractivity contribution in [2.45, 2.75) is 0 Å². The SMILES string of the molecule is COc1cc(/C=C/C(=O)OCC(=O)NNC(=O)c2ccccc2)cc2c1OCCO2. The van der Waals surface area contributed by atoms with Crippen molar-refractivity contribution >= 4 is 23.9 Å². The van der Waals surface area contributed by atoms with Crippen LogP contribution in [0.25, 0.3) is 6.08 Å². The van der Waals surface area contributed by atoms with Crippen molar-refractivity contribution in [1.29, 1.82) is 0 Å². The molecule has 2 amide bonds. The smallest absolute Gasteiger partial charge is 0.331 e. The molecule has 2 aromatic carbocycles. The molecule has 1 aliphatic heterocycles. The standard InChI is InChI=1S/C21H20N2O7/c1-27-16-11-14(12-17-20(16)29-10-9-28-17)7-8-19(25)30-13-18(24)22-23-21(26)15-5-3-2-4-6-15/h2-8,11-12H,9-10,13H2,1H3,(H,22,24)(H,23,26)/b8-7+. The van der Waals surface area contributed by atoms with Crippen LogP contribution in [-0.4, -0.2) is 44.7 Å². The van der Waals surface area contributed by atoms with Gasteiger partial charge >= 0.3 is 5.97 Å². The lowest BCUT2D eigenvalue weighted by molar-refractivity contribution is -0.144. The Morgan fingerprint density at radius 2 is 1.83 bits per heavy atom. The van der Waals surface area contributed by atoms with Gasteiger partial charge in [0, 0.05) is 11.6 Å². The second-order valence-corrected chi connectivity index (χ2v) is 6.06. The van der Waals surface area contributed by atoms with E-state index in [2.05, 4.69) is 10.9 Å². The largest absolute Gasteiger partial charge is 0.493 e. The maximum absolute atomic E-state index is 11.9. The van der Waals surface area contributed by atoms with E-state index in [0.717, 1.165) is 0 Å². The maximum atomic E-state index is 11.9. The van der Waals surface area contributed by atoms with Gasteiger partial charge < -0.3 is 18.9 Å². The lowest BCUT2D eigenvalue weighted by Gasteiger charge is -2.20. The first kappa shape index (κ1) is 20.7. The van der Waals surface area contributed by atoms with E-state index >= 15 is 0 Å². The molecule has 0 unspecified atom stereocenters. The van der Waals surface area contributed by atoms with Gasteiger partial charge in [-0.25, -0.2) is 4.79 Å². The molecule has 9 nitrogen and oxygen atoms in total. The second kappa shape index (κ2) is 9.97. The third kappa shape index (κ3) is 5.51. The number of hydrazine groups is 1. The Bertz CT molecular complexity index is 940. The van der Waals surface area contributed by atoms with Crippen LogP contribution in [-0.2, 0) is 14.3 Å². The molecule has 2 aromatic rings. The van der Waals surface area contributed by atoms with Gasteiger partial charge in [0.05, 0.1) is 7.11 Å². The Hall–Kier alpha value is -4.01. The fourth-order valence-corrected chi connectivity index (χ4v) is 2.56. The van der Waals surface area contributed by atoms with Gasteiger partial charge in [0.1, 0.15) is 13.2 Å². The van der Waals surface area contributed by atoms with E-state index in [9.17, 15) is 14.4 Å². The number of carbonyl (C=O) groups is 3. The summed E-state index contributed by atoms with van der Waals surface area (Å²) in [4.78, 5) is 35.4. The number of esters is 1. The molecule has 0 saturated heterocycles. The summed E-state index contributed by atoms with van der Waals surface area (Å²) in [6.45, 7) is 0.294. The lowest BCUT2D eigenvalue weighted by atomic mass is 10.1. The molecule has 30 heavy (non-hydrogen) atoms. The molecule has 0 fully saturated rings. The van der Waals surface area contributed by atoms with Crippen molar-refractivity contribution in [3.05, 3.63) is 59.7 Å². The molecule has 1 aliphatic rings. The Morgan fingerprint density at radius 3 is 2.60 bits per heavy atom. The van der Waals surface area contributed by atoms with Crippen LogP contribution in [0.1, 0.15) is 15.9 Å². The molecular formula is C21H20N2O7. The van der Waals surface area contributed by atoms with E-state index in [0.29, 0.717) is 41.6 Å². The molecule has 0 bridgehead atoms. The third-order valence-corrected chi connectivity index (χ3v) is 3.96. The van der Waals surface area contributed by atoms with Gasteiger partial charge in [-0.15, -0.1) is 0 Å². The van der Waals surface area contributed by atoms with Gasteiger partial charge in [-0.2, -0.15) is 0 Å². The van der Waals surface area contributed by atoms with Crippen molar-refractivity contribution < 1.29 is 33.3 Å². The van der Waals surface area contributed by atoms with E-state index in [4.69, 9.17) is 18.9 Å². The number of fused-ring (bicyclic) bond motifs is 1. The topological polar surface area (TPSA) is 112 Å². The van der Waals surface area contributed by atoms with Crippen molar-refractivity contribution in [3.8, 4) is 17.2 Å². The van der Waals surface area contributed by atoms with Crippen molar-refractivity contribution in [1.82, 2.24) is 10.9 Å². The second-order valence-electron chi connectivity index (χ2n) is 6.06. The quantitative estimate of drug-likeness (QED) is 0.420. The van der Waals surface area contributed by atoms with Crippen LogP contribution < -0.4 is 25.1 Å². The van der Waals surface area contributed by atoms with E-state index in [1.54, 1.807) is 42.5 Å². The van der Waals surface area contributed by atoms with Gasteiger partial charge in [0.25, 0.3) is 11.8 Å². The number of carbonyl (C=O) groups excluding carboxylic acids is 3. The maximum Gasteiger partial charge on any atom is 0.331 e. The highest BCUT2D eigenvalue weighted by Gasteiger charge is 2.18. The minimum absolute atomic E-state index is 0.382. The van der Waals surface area contributed by atoms with Gasteiger partial charge in [-0.05, 0) is 35.9 Å². The molecule has 0 atom stereocenters. The van der Waals surface area contributed by atoms with Gasteiger partial charge in [0.15, 0.2) is 18.1 Å². The van der Waals surface area contributed by atoms with Crippen LogP contribution in [0.4, 0.5) is 0 Å². The summed E-state index contributed by atoms with van der Waals surface area (Å²) in [5.41, 5.74) is 5.42.